The monoisotopic (exact) mass is 231 g/mol. The molecule has 0 bridgehead atoms. The van der Waals surface area contributed by atoms with E-state index >= 15 is 0 Å². The van der Waals surface area contributed by atoms with E-state index in [1.54, 1.807) is 4.68 Å². The Hall–Kier alpha value is -1.75. The van der Waals surface area contributed by atoms with Gasteiger partial charge in [0, 0.05) is 13.6 Å². The van der Waals surface area contributed by atoms with E-state index in [1.807, 2.05) is 7.05 Å². The second-order valence-electron chi connectivity index (χ2n) is 4.31. The van der Waals surface area contributed by atoms with Gasteiger partial charge in [-0.2, -0.15) is 0 Å². The molecule has 0 aliphatic rings. The smallest absolute Gasteiger partial charge is 0.159 e. The highest BCUT2D eigenvalue weighted by molar-refractivity contribution is 5.36. The normalized spacial score (nSPS) is 12.7. The van der Waals surface area contributed by atoms with E-state index in [0.717, 1.165) is 5.82 Å². The molecule has 1 unspecified atom stereocenters. The summed E-state index contributed by atoms with van der Waals surface area (Å²) in [5, 5.41) is 11.6. The topological polar surface area (TPSA) is 69.6 Å². The lowest BCUT2D eigenvalue weighted by Crippen LogP contribution is -2.19. The van der Waals surface area contributed by atoms with Gasteiger partial charge in [-0.05, 0) is 35.4 Å². The van der Waals surface area contributed by atoms with Crippen molar-refractivity contribution in [3.8, 4) is 0 Å². The van der Waals surface area contributed by atoms with Crippen LogP contribution in [0.1, 0.15) is 28.4 Å². The lowest BCUT2D eigenvalue weighted by Gasteiger charge is -2.16. The van der Waals surface area contributed by atoms with Crippen molar-refractivity contribution in [2.24, 2.45) is 12.8 Å². The highest BCUT2D eigenvalue weighted by atomic mass is 15.5. The molecule has 0 fully saturated rings. The zero-order valence-corrected chi connectivity index (χ0v) is 10.4. The zero-order valence-electron chi connectivity index (χ0n) is 10.4. The molecule has 5 nitrogen and oxygen atoms in total. The fourth-order valence-corrected chi connectivity index (χ4v) is 2.12. The molecule has 2 rings (SSSR count). The van der Waals surface area contributed by atoms with Gasteiger partial charge in [-0.3, -0.25) is 0 Å². The maximum atomic E-state index is 5.86. The summed E-state index contributed by atoms with van der Waals surface area (Å²) in [4.78, 5) is 0. The zero-order chi connectivity index (χ0) is 12.4. The van der Waals surface area contributed by atoms with Gasteiger partial charge in [0.2, 0.25) is 0 Å². The Labute approximate surface area is 101 Å². The van der Waals surface area contributed by atoms with Crippen LogP contribution in [0.2, 0.25) is 0 Å². The summed E-state index contributed by atoms with van der Waals surface area (Å²) in [6.07, 6.45) is 0. The van der Waals surface area contributed by atoms with Crippen LogP contribution < -0.4 is 5.73 Å². The summed E-state index contributed by atoms with van der Waals surface area (Å²) >= 11 is 0. The SMILES string of the molecule is Cc1ccc(C(CN)c2nnnn2C)c(C)c1. The predicted molar refractivity (Wildman–Crippen MR) is 65.6 cm³/mol. The van der Waals surface area contributed by atoms with Crippen LogP contribution in [0.4, 0.5) is 0 Å². The summed E-state index contributed by atoms with van der Waals surface area (Å²) in [6, 6.07) is 6.35. The number of rotatable bonds is 3. The van der Waals surface area contributed by atoms with Crippen LogP contribution in [0.25, 0.3) is 0 Å². The van der Waals surface area contributed by atoms with Crippen molar-refractivity contribution < 1.29 is 0 Å². The maximum Gasteiger partial charge on any atom is 0.159 e. The van der Waals surface area contributed by atoms with Crippen molar-refractivity contribution in [1.82, 2.24) is 20.2 Å². The molecular weight excluding hydrogens is 214 g/mol. The first-order valence-electron chi connectivity index (χ1n) is 5.63. The molecule has 1 aromatic carbocycles. The minimum absolute atomic E-state index is 0.0515. The minimum atomic E-state index is 0.0515. The molecule has 0 spiro atoms. The molecule has 0 radical (unpaired) electrons. The van der Waals surface area contributed by atoms with Gasteiger partial charge < -0.3 is 5.73 Å². The van der Waals surface area contributed by atoms with E-state index in [2.05, 4.69) is 47.6 Å². The molecular formula is C12H17N5. The molecule has 0 saturated heterocycles. The van der Waals surface area contributed by atoms with E-state index < -0.39 is 0 Å². The molecule has 0 saturated carbocycles. The molecule has 1 atom stereocenters. The first-order chi connectivity index (χ1) is 8.13. The van der Waals surface area contributed by atoms with Gasteiger partial charge >= 0.3 is 0 Å². The lowest BCUT2D eigenvalue weighted by molar-refractivity contribution is 0.639. The number of aryl methyl sites for hydroxylation is 3. The Bertz CT molecular complexity index is 517. The fraction of sp³-hybridized carbons (Fsp3) is 0.417. The summed E-state index contributed by atoms with van der Waals surface area (Å²) in [5.74, 6) is 0.857. The molecule has 90 valence electrons. The quantitative estimate of drug-likeness (QED) is 0.852. The number of nitrogens with zero attached hydrogens (tertiary/aromatic N) is 4. The predicted octanol–water partition coefficient (Wildman–Crippen LogP) is 0.918. The van der Waals surface area contributed by atoms with Gasteiger partial charge in [-0.1, -0.05) is 23.8 Å². The fourth-order valence-electron chi connectivity index (χ4n) is 2.12. The van der Waals surface area contributed by atoms with E-state index in [9.17, 15) is 0 Å². The summed E-state index contributed by atoms with van der Waals surface area (Å²) in [7, 11) is 1.83. The van der Waals surface area contributed by atoms with Crippen LogP contribution in [0, 0.1) is 13.8 Å². The van der Waals surface area contributed by atoms with Gasteiger partial charge in [0.15, 0.2) is 5.82 Å². The van der Waals surface area contributed by atoms with Crippen LogP contribution in [0.5, 0.6) is 0 Å². The molecule has 0 amide bonds. The van der Waals surface area contributed by atoms with Crippen molar-refractivity contribution in [2.75, 3.05) is 6.54 Å². The number of hydrogen-bond acceptors (Lipinski definition) is 4. The summed E-state index contributed by atoms with van der Waals surface area (Å²) < 4.78 is 1.68. The Morgan fingerprint density at radius 1 is 1.35 bits per heavy atom. The van der Waals surface area contributed by atoms with Crippen LogP contribution in [-0.2, 0) is 7.05 Å². The van der Waals surface area contributed by atoms with Crippen molar-refractivity contribution in [1.29, 1.82) is 0 Å². The van der Waals surface area contributed by atoms with Crippen molar-refractivity contribution in [3.05, 3.63) is 40.7 Å². The third kappa shape index (κ3) is 2.19. The molecule has 17 heavy (non-hydrogen) atoms. The molecule has 1 heterocycles. The molecule has 2 aromatic rings. The van der Waals surface area contributed by atoms with E-state index in [1.165, 1.54) is 16.7 Å². The number of tetrazole rings is 1. The van der Waals surface area contributed by atoms with Crippen LogP contribution in [0.15, 0.2) is 18.2 Å². The van der Waals surface area contributed by atoms with Crippen molar-refractivity contribution >= 4 is 0 Å². The van der Waals surface area contributed by atoms with Crippen molar-refractivity contribution in [3.63, 3.8) is 0 Å². The third-order valence-corrected chi connectivity index (χ3v) is 3.00. The number of hydrogen-bond donors (Lipinski definition) is 1. The maximum absolute atomic E-state index is 5.86. The average molecular weight is 231 g/mol. The molecule has 1 aromatic heterocycles. The largest absolute Gasteiger partial charge is 0.329 e. The van der Waals surface area contributed by atoms with Gasteiger partial charge in [0.25, 0.3) is 0 Å². The first-order valence-corrected chi connectivity index (χ1v) is 5.63. The van der Waals surface area contributed by atoms with Crippen LogP contribution >= 0.6 is 0 Å². The number of aromatic nitrogens is 4. The number of benzene rings is 1. The molecule has 0 aliphatic carbocycles. The summed E-state index contributed by atoms with van der Waals surface area (Å²) in [6.45, 7) is 4.67. The second-order valence-corrected chi connectivity index (χ2v) is 4.31. The Balaban J connectivity index is 2.46. The van der Waals surface area contributed by atoms with Crippen molar-refractivity contribution in [2.45, 2.75) is 19.8 Å². The van der Waals surface area contributed by atoms with Crippen LogP contribution in [-0.4, -0.2) is 26.8 Å². The molecule has 5 heteroatoms. The molecule has 0 aliphatic heterocycles. The van der Waals surface area contributed by atoms with Gasteiger partial charge in [-0.15, -0.1) is 5.10 Å². The Kier molecular flexibility index (Phi) is 3.19. The van der Waals surface area contributed by atoms with Crippen LogP contribution in [0.3, 0.4) is 0 Å². The Morgan fingerprint density at radius 2 is 2.12 bits per heavy atom. The molecule has 2 N–H and O–H groups in total. The first kappa shape index (κ1) is 11.7. The van der Waals surface area contributed by atoms with E-state index in [-0.39, 0.29) is 5.92 Å². The second kappa shape index (κ2) is 4.63. The third-order valence-electron chi connectivity index (χ3n) is 3.00. The van der Waals surface area contributed by atoms with Gasteiger partial charge in [-0.25, -0.2) is 4.68 Å². The van der Waals surface area contributed by atoms with Gasteiger partial charge in [0.05, 0.1) is 5.92 Å². The van der Waals surface area contributed by atoms with E-state index in [0.29, 0.717) is 6.54 Å². The highest BCUT2D eigenvalue weighted by Crippen LogP contribution is 2.24. The van der Waals surface area contributed by atoms with E-state index in [4.69, 9.17) is 5.73 Å². The minimum Gasteiger partial charge on any atom is -0.329 e. The lowest BCUT2D eigenvalue weighted by atomic mass is 9.93. The average Bonchev–Trinajstić information content (AvgIpc) is 2.69. The van der Waals surface area contributed by atoms with Gasteiger partial charge in [0.1, 0.15) is 0 Å². The standard InChI is InChI=1S/C12H17N5/c1-8-4-5-10(9(2)6-8)11(7-13)12-14-15-16-17(12)3/h4-6,11H,7,13H2,1-3H3. The highest BCUT2D eigenvalue weighted by Gasteiger charge is 2.19. The Morgan fingerprint density at radius 3 is 2.65 bits per heavy atom. The number of nitrogens with two attached hydrogens (primary N) is 1. The summed E-state index contributed by atoms with van der Waals surface area (Å²) in [5.41, 5.74) is 9.53.